The molecule has 3 heteroatoms. The van der Waals surface area contributed by atoms with E-state index in [1.54, 1.807) is 0 Å². The van der Waals surface area contributed by atoms with Gasteiger partial charge in [-0.3, -0.25) is 4.79 Å². The molecule has 3 nitrogen and oxygen atoms in total. The fourth-order valence-corrected chi connectivity index (χ4v) is 2.85. The molecule has 0 saturated heterocycles. The van der Waals surface area contributed by atoms with Crippen LogP contribution in [-0.2, 0) is 4.79 Å². The number of carbonyl (C=O) groups is 1. The predicted octanol–water partition coefficient (Wildman–Crippen LogP) is 2.63. The van der Waals surface area contributed by atoms with E-state index in [1.165, 1.54) is 25.7 Å². The van der Waals surface area contributed by atoms with Crippen molar-refractivity contribution in [1.29, 1.82) is 0 Å². The second-order valence-corrected chi connectivity index (χ2v) is 5.66. The Hall–Kier alpha value is -1.35. The van der Waals surface area contributed by atoms with Gasteiger partial charge in [0, 0.05) is 6.54 Å². The fourth-order valence-electron chi connectivity index (χ4n) is 2.85. The van der Waals surface area contributed by atoms with Gasteiger partial charge in [-0.05, 0) is 23.8 Å². The molecule has 0 spiro atoms. The Kier molecular flexibility index (Phi) is 4.97. The topological polar surface area (TPSA) is 55.1 Å². The Morgan fingerprint density at radius 3 is 2.68 bits per heavy atom. The van der Waals surface area contributed by atoms with Crippen molar-refractivity contribution in [1.82, 2.24) is 5.32 Å². The molecule has 2 unspecified atom stereocenters. The van der Waals surface area contributed by atoms with E-state index in [0.29, 0.717) is 11.8 Å². The lowest BCUT2D eigenvalue weighted by Gasteiger charge is -2.29. The van der Waals surface area contributed by atoms with Crippen LogP contribution in [0, 0.1) is 11.8 Å². The maximum absolute atomic E-state index is 12.1. The number of nitrogens with two attached hydrogens (primary N) is 1. The lowest BCUT2D eigenvalue weighted by Crippen LogP contribution is -2.38. The standard InChI is InChI=1S/C16H24N2O/c1-12-7-5-6-10-14(12)11-18-16(19)15(17)13-8-3-2-4-9-13/h2-4,8-9,12,14-15H,5-7,10-11,17H2,1H3,(H,18,19)/t12?,14?,15-/m1/s1. The van der Waals surface area contributed by atoms with Crippen LogP contribution in [0.4, 0.5) is 0 Å². The maximum Gasteiger partial charge on any atom is 0.241 e. The van der Waals surface area contributed by atoms with Crippen LogP contribution in [0.3, 0.4) is 0 Å². The van der Waals surface area contributed by atoms with Crippen LogP contribution in [0.5, 0.6) is 0 Å². The van der Waals surface area contributed by atoms with Crippen molar-refractivity contribution in [2.45, 2.75) is 38.6 Å². The smallest absolute Gasteiger partial charge is 0.241 e. The largest absolute Gasteiger partial charge is 0.354 e. The van der Waals surface area contributed by atoms with Gasteiger partial charge in [-0.1, -0.05) is 56.5 Å². The molecule has 104 valence electrons. The zero-order valence-electron chi connectivity index (χ0n) is 11.6. The van der Waals surface area contributed by atoms with Gasteiger partial charge in [0.05, 0.1) is 0 Å². The van der Waals surface area contributed by atoms with Gasteiger partial charge in [0.1, 0.15) is 6.04 Å². The molecule has 3 atom stereocenters. The lowest BCUT2D eigenvalue weighted by molar-refractivity contribution is -0.122. The van der Waals surface area contributed by atoms with Crippen molar-refractivity contribution in [3.63, 3.8) is 0 Å². The monoisotopic (exact) mass is 260 g/mol. The number of amides is 1. The quantitative estimate of drug-likeness (QED) is 0.874. The van der Waals surface area contributed by atoms with Gasteiger partial charge in [0.2, 0.25) is 5.91 Å². The highest BCUT2D eigenvalue weighted by molar-refractivity contribution is 5.82. The number of hydrogen-bond acceptors (Lipinski definition) is 2. The first kappa shape index (κ1) is 14.1. The van der Waals surface area contributed by atoms with Crippen LogP contribution in [0.2, 0.25) is 0 Å². The van der Waals surface area contributed by atoms with Crippen LogP contribution in [0.25, 0.3) is 0 Å². The van der Waals surface area contributed by atoms with E-state index < -0.39 is 6.04 Å². The number of hydrogen-bond donors (Lipinski definition) is 2. The Labute approximate surface area is 115 Å². The average Bonchev–Trinajstić information content (AvgIpc) is 2.46. The maximum atomic E-state index is 12.1. The van der Waals surface area contributed by atoms with Gasteiger partial charge in [-0.15, -0.1) is 0 Å². The SMILES string of the molecule is CC1CCCCC1CNC(=O)[C@H](N)c1ccccc1. The average molecular weight is 260 g/mol. The molecule has 3 N–H and O–H groups in total. The molecule has 0 radical (unpaired) electrons. The normalized spacial score (nSPS) is 24.7. The number of rotatable bonds is 4. The van der Waals surface area contributed by atoms with E-state index in [2.05, 4.69) is 12.2 Å². The molecule has 1 aliphatic rings. The summed E-state index contributed by atoms with van der Waals surface area (Å²) >= 11 is 0. The summed E-state index contributed by atoms with van der Waals surface area (Å²) in [6.45, 7) is 3.05. The van der Waals surface area contributed by atoms with E-state index >= 15 is 0 Å². The van der Waals surface area contributed by atoms with Crippen molar-refractivity contribution >= 4 is 5.91 Å². The van der Waals surface area contributed by atoms with Crippen LogP contribution in [0.15, 0.2) is 30.3 Å². The minimum Gasteiger partial charge on any atom is -0.354 e. The number of benzene rings is 1. The molecule has 0 aromatic heterocycles. The summed E-state index contributed by atoms with van der Waals surface area (Å²) in [5.74, 6) is 1.26. The second kappa shape index (κ2) is 6.71. The minimum absolute atomic E-state index is 0.0658. The summed E-state index contributed by atoms with van der Waals surface area (Å²) in [6, 6.07) is 8.98. The minimum atomic E-state index is -0.555. The highest BCUT2D eigenvalue weighted by Gasteiger charge is 2.23. The van der Waals surface area contributed by atoms with Gasteiger partial charge < -0.3 is 11.1 Å². The lowest BCUT2D eigenvalue weighted by atomic mass is 9.80. The summed E-state index contributed by atoms with van der Waals surface area (Å²) in [4.78, 5) is 12.1. The van der Waals surface area contributed by atoms with Gasteiger partial charge in [-0.2, -0.15) is 0 Å². The van der Waals surface area contributed by atoms with Crippen molar-refractivity contribution in [3.8, 4) is 0 Å². The summed E-state index contributed by atoms with van der Waals surface area (Å²) in [5.41, 5.74) is 6.85. The van der Waals surface area contributed by atoms with Crippen molar-refractivity contribution < 1.29 is 4.79 Å². The summed E-state index contributed by atoms with van der Waals surface area (Å²) < 4.78 is 0. The third-order valence-electron chi connectivity index (χ3n) is 4.27. The molecule has 19 heavy (non-hydrogen) atoms. The van der Waals surface area contributed by atoms with Crippen LogP contribution < -0.4 is 11.1 Å². The Morgan fingerprint density at radius 2 is 2.00 bits per heavy atom. The first-order valence-electron chi connectivity index (χ1n) is 7.26. The molecule has 1 aromatic rings. The molecular weight excluding hydrogens is 236 g/mol. The molecule has 0 heterocycles. The van der Waals surface area contributed by atoms with Crippen LogP contribution >= 0.6 is 0 Å². The van der Waals surface area contributed by atoms with Gasteiger partial charge in [-0.25, -0.2) is 0 Å². The zero-order valence-corrected chi connectivity index (χ0v) is 11.6. The molecule has 1 saturated carbocycles. The first-order chi connectivity index (χ1) is 9.18. The van der Waals surface area contributed by atoms with E-state index in [1.807, 2.05) is 30.3 Å². The van der Waals surface area contributed by atoms with Crippen molar-refractivity contribution in [2.75, 3.05) is 6.54 Å². The molecular formula is C16H24N2O. The third-order valence-corrected chi connectivity index (χ3v) is 4.27. The summed E-state index contributed by atoms with van der Waals surface area (Å²) in [6.07, 6.45) is 5.12. The summed E-state index contributed by atoms with van der Waals surface area (Å²) in [5, 5.41) is 3.02. The first-order valence-corrected chi connectivity index (χ1v) is 7.26. The Bertz CT molecular complexity index is 404. The highest BCUT2D eigenvalue weighted by atomic mass is 16.2. The molecule has 1 fully saturated rings. The van der Waals surface area contributed by atoms with Crippen molar-refractivity contribution in [3.05, 3.63) is 35.9 Å². The molecule has 1 aliphatic carbocycles. The fraction of sp³-hybridized carbons (Fsp3) is 0.562. The molecule has 1 amide bonds. The van der Waals surface area contributed by atoms with Crippen LogP contribution in [-0.4, -0.2) is 12.5 Å². The van der Waals surface area contributed by atoms with Crippen LogP contribution in [0.1, 0.15) is 44.2 Å². The number of nitrogens with one attached hydrogen (secondary N) is 1. The molecule has 1 aromatic carbocycles. The predicted molar refractivity (Wildman–Crippen MR) is 77.5 cm³/mol. The third kappa shape index (κ3) is 3.80. The van der Waals surface area contributed by atoms with E-state index in [-0.39, 0.29) is 5.91 Å². The molecule has 2 rings (SSSR count). The highest BCUT2D eigenvalue weighted by Crippen LogP contribution is 2.28. The second-order valence-electron chi connectivity index (χ2n) is 5.66. The molecule has 0 aliphatic heterocycles. The van der Waals surface area contributed by atoms with Gasteiger partial charge in [0.25, 0.3) is 0 Å². The summed E-state index contributed by atoms with van der Waals surface area (Å²) in [7, 11) is 0. The Morgan fingerprint density at radius 1 is 1.32 bits per heavy atom. The van der Waals surface area contributed by atoms with E-state index in [9.17, 15) is 4.79 Å². The Balaban J connectivity index is 1.84. The van der Waals surface area contributed by atoms with Crippen molar-refractivity contribution in [2.24, 2.45) is 17.6 Å². The van der Waals surface area contributed by atoms with Gasteiger partial charge in [0.15, 0.2) is 0 Å². The number of carbonyl (C=O) groups excluding carboxylic acids is 1. The molecule has 0 bridgehead atoms. The van der Waals surface area contributed by atoms with Gasteiger partial charge >= 0.3 is 0 Å². The van der Waals surface area contributed by atoms with E-state index in [0.717, 1.165) is 12.1 Å². The van der Waals surface area contributed by atoms with E-state index in [4.69, 9.17) is 5.73 Å². The zero-order chi connectivity index (χ0) is 13.7.